The van der Waals surface area contributed by atoms with E-state index in [1.54, 1.807) is 0 Å². The van der Waals surface area contributed by atoms with E-state index in [-0.39, 0.29) is 0 Å². The predicted molar refractivity (Wildman–Crippen MR) is 53.8 cm³/mol. The van der Waals surface area contributed by atoms with Crippen molar-refractivity contribution in [2.24, 2.45) is 5.92 Å². The first-order valence-electron chi connectivity index (χ1n) is 5.77. The molecule has 1 aliphatic carbocycles. The zero-order chi connectivity index (χ0) is 8.93. The van der Waals surface area contributed by atoms with Crippen molar-refractivity contribution in [3.63, 3.8) is 0 Å². The van der Waals surface area contributed by atoms with Gasteiger partial charge in [0, 0.05) is 13.1 Å². The molecule has 2 heteroatoms. The molecule has 0 bridgehead atoms. The molecule has 0 amide bonds. The van der Waals surface area contributed by atoms with Gasteiger partial charge >= 0.3 is 0 Å². The molecule has 0 aromatic carbocycles. The topological polar surface area (TPSA) is 21.3 Å². The first-order valence-corrected chi connectivity index (χ1v) is 5.77. The minimum Gasteiger partial charge on any atom is -0.376 e. The Bertz CT molecular complexity index is 137. The van der Waals surface area contributed by atoms with E-state index in [0.717, 1.165) is 25.6 Å². The van der Waals surface area contributed by atoms with Crippen molar-refractivity contribution in [2.75, 3.05) is 19.7 Å². The van der Waals surface area contributed by atoms with Crippen molar-refractivity contribution < 1.29 is 4.74 Å². The molecule has 1 aliphatic heterocycles. The van der Waals surface area contributed by atoms with Crippen LogP contribution < -0.4 is 5.32 Å². The van der Waals surface area contributed by atoms with Gasteiger partial charge in [0.15, 0.2) is 0 Å². The lowest BCUT2D eigenvalue weighted by atomic mass is 9.99. The Morgan fingerprint density at radius 3 is 2.69 bits per heavy atom. The molecule has 1 saturated carbocycles. The third-order valence-electron chi connectivity index (χ3n) is 3.38. The van der Waals surface area contributed by atoms with E-state index in [1.165, 1.54) is 38.5 Å². The Morgan fingerprint density at radius 2 is 2.00 bits per heavy atom. The minimum atomic E-state index is 0.509. The summed E-state index contributed by atoms with van der Waals surface area (Å²) in [6, 6.07) is 0. The van der Waals surface area contributed by atoms with Crippen LogP contribution in [0.4, 0.5) is 0 Å². The predicted octanol–water partition coefficient (Wildman–Crippen LogP) is 1.95. The average molecular weight is 183 g/mol. The summed E-state index contributed by atoms with van der Waals surface area (Å²) < 4.78 is 5.68. The van der Waals surface area contributed by atoms with Crippen molar-refractivity contribution in [1.82, 2.24) is 5.32 Å². The summed E-state index contributed by atoms with van der Waals surface area (Å²) in [5.41, 5.74) is 0. The monoisotopic (exact) mass is 183 g/mol. The second-order valence-electron chi connectivity index (χ2n) is 4.42. The van der Waals surface area contributed by atoms with Crippen molar-refractivity contribution in [2.45, 2.75) is 44.6 Å². The van der Waals surface area contributed by atoms with Gasteiger partial charge in [-0.3, -0.25) is 0 Å². The van der Waals surface area contributed by atoms with Crippen LogP contribution in [-0.2, 0) is 4.74 Å². The molecule has 2 aliphatic rings. The van der Waals surface area contributed by atoms with Crippen LogP contribution in [0.1, 0.15) is 38.5 Å². The van der Waals surface area contributed by atoms with Crippen LogP contribution in [0.3, 0.4) is 0 Å². The molecular formula is C11H21NO. The third kappa shape index (κ3) is 2.96. The Labute approximate surface area is 81.0 Å². The summed E-state index contributed by atoms with van der Waals surface area (Å²) in [6.07, 6.45) is 9.06. The van der Waals surface area contributed by atoms with Gasteiger partial charge in [-0.2, -0.15) is 0 Å². The molecule has 2 fully saturated rings. The lowest BCUT2D eigenvalue weighted by Crippen LogP contribution is -2.38. The summed E-state index contributed by atoms with van der Waals surface area (Å²) in [4.78, 5) is 0. The van der Waals surface area contributed by atoms with Gasteiger partial charge in [0.25, 0.3) is 0 Å². The average Bonchev–Trinajstić information content (AvgIpc) is 2.69. The Kier molecular flexibility index (Phi) is 3.62. The first-order chi connectivity index (χ1) is 6.45. The van der Waals surface area contributed by atoms with Crippen LogP contribution in [0.2, 0.25) is 0 Å². The highest BCUT2D eigenvalue weighted by Crippen LogP contribution is 2.29. The van der Waals surface area contributed by atoms with Gasteiger partial charge in [-0.25, -0.2) is 0 Å². The van der Waals surface area contributed by atoms with E-state index in [0.29, 0.717) is 6.10 Å². The number of ether oxygens (including phenoxy) is 1. The molecule has 0 aromatic heterocycles. The lowest BCUT2D eigenvalue weighted by Gasteiger charge is -2.24. The lowest BCUT2D eigenvalue weighted by molar-refractivity contribution is 0.0199. The quantitative estimate of drug-likeness (QED) is 0.722. The smallest absolute Gasteiger partial charge is 0.0700 e. The molecule has 1 saturated heterocycles. The maximum absolute atomic E-state index is 5.68. The highest BCUT2D eigenvalue weighted by Gasteiger charge is 2.18. The minimum absolute atomic E-state index is 0.509. The van der Waals surface area contributed by atoms with Crippen LogP contribution in [0.25, 0.3) is 0 Å². The first kappa shape index (κ1) is 9.47. The standard InChI is InChI=1S/C11H21NO/c1-2-4-10(3-1)5-6-11-9-12-7-8-13-11/h10-12H,1-9H2. The summed E-state index contributed by atoms with van der Waals surface area (Å²) >= 11 is 0. The molecule has 2 nitrogen and oxygen atoms in total. The van der Waals surface area contributed by atoms with E-state index in [2.05, 4.69) is 5.32 Å². The highest BCUT2D eigenvalue weighted by molar-refractivity contribution is 4.72. The molecule has 0 spiro atoms. The molecule has 1 atom stereocenters. The van der Waals surface area contributed by atoms with Gasteiger partial charge in [-0.05, 0) is 18.8 Å². The second-order valence-corrected chi connectivity index (χ2v) is 4.42. The van der Waals surface area contributed by atoms with Crippen molar-refractivity contribution in [3.8, 4) is 0 Å². The van der Waals surface area contributed by atoms with E-state index < -0.39 is 0 Å². The molecule has 76 valence electrons. The summed E-state index contributed by atoms with van der Waals surface area (Å²) in [7, 11) is 0. The van der Waals surface area contributed by atoms with Gasteiger partial charge in [-0.1, -0.05) is 25.7 Å². The van der Waals surface area contributed by atoms with E-state index in [9.17, 15) is 0 Å². The summed E-state index contributed by atoms with van der Waals surface area (Å²) in [5.74, 6) is 1.02. The second kappa shape index (κ2) is 4.97. The fourth-order valence-corrected chi connectivity index (χ4v) is 2.53. The maximum Gasteiger partial charge on any atom is 0.0700 e. The Morgan fingerprint density at radius 1 is 1.15 bits per heavy atom. The van der Waals surface area contributed by atoms with Crippen molar-refractivity contribution >= 4 is 0 Å². The largest absolute Gasteiger partial charge is 0.376 e. The number of morpholine rings is 1. The molecule has 1 unspecified atom stereocenters. The molecule has 1 N–H and O–H groups in total. The van der Waals surface area contributed by atoms with Gasteiger partial charge in [-0.15, -0.1) is 0 Å². The van der Waals surface area contributed by atoms with Gasteiger partial charge < -0.3 is 10.1 Å². The SMILES string of the molecule is C1CCC(CCC2CNCCO2)C1. The van der Waals surface area contributed by atoms with E-state index in [4.69, 9.17) is 4.74 Å². The van der Waals surface area contributed by atoms with Gasteiger partial charge in [0.1, 0.15) is 0 Å². The van der Waals surface area contributed by atoms with Crippen LogP contribution in [0.15, 0.2) is 0 Å². The number of hydrogen-bond donors (Lipinski definition) is 1. The fourth-order valence-electron chi connectivity index (χ4n) is 2.53. The molecular weight excluding hydrogens is 162 g/mol. The Balaban J connectivity index is 1.60. The zero-order valence-electron chi connectivity index (χ0n) is 8.43. The van der Waals surface area contributed by atoms with E-state index >= 15 is 0 Å². The van der Waals surface area contributed by atoms with Gasteiger partial charge in [0.05, 0.1) is 12.7 Å². The zero-order valence-corrected chi connectivity index (χ0v) is 8.43. The molecule has 0 radical (unpaired) electrons. The molecule has 1 heterocycles. The van der Waals surface area contributed by atoms with Crippen molar-refractivity contribution in [1.29, 1.82) is 0 Å². The van der Waals surface area contributed by atoms with E-state index in [1.807, 2.05) is 0 Å². The normalized spacial score (nSPS) is 30.9. The maximum atomic E-state index is 5.68. The third-order valence-corrected chi connectivity index (χ3v) is 3.38. The molecule has 0 aromatic rings. The van der Waals surface area contributed by atoms with Crippen LogP contribution in [-0.4, -0.2) is 25.8 Å². The number of rotatable bonds is 3. The molecule has 2 rings (SSSR count). The van der Waals surface area contributed by atoms with Crippen LogP contribution in [0.5, 0.6) is 0 Å². The van der Waals surface area contributed by atoms with Crippen LogP contribution in [0, 0.1) is 5.92 Å². The summed E-state index contributed by atoms with van der Waals surface area (Å²) in [5, 5.41) is 3.39. The summed E-state index contributed by atoms with van der Waals surface area (Å²) in [6.45, 7) is 3.03. The van der Waals surface area contributed by atoms with Crippen LogP contribution >= 0.6 is 0 Å². The van der Waals surface area contributed by atoms with Crippen molar-refractivity contribution in [3.05, 3.63) is 0 Å². The molecule has 13 heavy (non-hydrogen) atoms. The Hall–Kier alpha value is -0.0800. The highest BCUT2D eigenvalue weighted by atomic mass is 16.5. The fraction of sp³-hybridized carbons (Fsp3) is 1.00. The number of hydrogen-bond acceptors (Lipinski definition) is 2. The van der Waals surface area contributed by atoms with Gasteiger partial charge in [0.2, 0.25) is 0 Å². The number of nitrogens with one attached hydrogen (secondary N) is 1.